The maximum atomic E-state index is 11.5. The predicted molar refractivity (Wildman–Crippen MR) is 112 cm³/mol. The van der Waals surface area contributed by atoms with E-state index in [9.17, 15) is 9.90 Å². The van der Waals surface area contributed by atoms with E-state index in [2.05, 4.69) is 0 Å². The molecule has 0 saturated carbocycles. The predicted octanol–water partition coefficient (Wildman–Crippen LogP) is 4.82. The van der Waals surface area contributed by atoms with Crippen molar-refractivity contribution >= 4 is 21.9 Å². The first-order chi connectivity index (χ1) is 13.8. The Morgan fingerprint density at radius 3 is 2.76 bits per heavy atom. The molecule has 0 aliphatic rings. The van der Waals surface area contributed by atoms with E-state index in [1.807, 2.05) is 39.8 Å². The summed E-state index contributed by atoms with van der Waals surface area (Å²) >= 11 is 0. The molecule has 0 aliphatic heterocycles. The van der Waals surface area contributed by atoms with Gasteiger partial charge in [0.1, 0.15) is 23.5 Å². The van der Waals surface area contributed by atoms with Gasteiger partial charge >= 0.3 is 5.63 Å². The number of hydrogen-bond donors (Lipinski definition) is 1. The van der Waals surface area contributed by atoms with Crippen LogP contribution in [0.25, 0.3) is 21.9 Å². The van der Waals surface area contributed by atoms with Crippen LogP contribution in [0.2, 0.25) is 0 Å². The van der Waals surface area contributed by atoms with Gasteiger partial charge < -0.3 is 23.4 Å². The van der Waals surface area contributed by atoms with Crippen molar-refractivity contribution in [1.82, 2.24) is 0 Å². The summed E-state index contributed by atoms with van der Waals surface area (Å²) in [5.41, 5.74) is 1.16. The monoisotopic (exact) mass is 400 g/mol. The van der Waals surface area contributed by atoms with Crippen LogP contribution < -0.4 is 10.4 Å². The third-order valence-electron chi connectivity index (χ3n) is 5.10. The Morgan fingerprint density at radius 2 is 2.00 bits per heavy atom. The first kappa shape index (κ1) is 21.1. The van der Waals surface area contributed by atoms with Crippen molar-refractivity contribution in [3.05, 3.63) is 52.6 Å². The van der Waals surface area contributed by atoms with Crippen LogP contribution in [0.1, 0.15) is 40.5 Å². The summed E-state index contributed by atoms with van der Waals surface area (Å²) in [5.74, 6) is 0.622. The van der Waals surface area contributed by atoms with E-state index < -0.39 is 17.3 Å². The minimum atomic E-state index is -0.564. The van der Waals surface area contributed by atoms with E-state index in [1.54, 1.807) is 18.4 Å². The minimum Gasteiger partial charge on any atom is -0.488 e. The summed E-state index contributed by atoms with van der Waals surface area (Å²) in [4.78, 5) is 11.5. The summed E-state index contributed by atoms with van der Waals surface area (Å²) < 4.78 is 22.4. The van der Waals surface area contributed by atoms with Crippen LogP contribution in [-0.4, -0.2) is 30.0 Å². The molecule has 0 fully saturated rings. The van der Waals surface area contributed by atoms with Crippen LogP contribution in [0, 0.1) is 0 Å². The lowest BCUT2D eigenvalue weighted by Crippen LogP contribution is -2.39. The maximum Gasteiger partial charge on any atom is 0.336 e. The number of ether oxygens (including phenoxy) is 2. The third kappa shape index (κ3) is 4.89. The molecule has 0 unspecified atom stereocenters. The topological polar surface area (TPSA) is 82.0 Å². The summed E-state index contributed by atoms with van der Waals surface area (Å²) in [6.07, 6.45) is 4.38. The summed E-state index contributed by atoms with van der Waals surface area (Å²) in [6, 6.07) is 6.61. The molecule has 0 aliphatic carbocycles. The highest BCUT2D eigenvalue weighted by molar-refractivity contribution is 6.01. The molecule has 1 aromatic carbocycles. The normalized spacial score (nSPS) is 13.9. The Morgan fingerprint density at radius 1 is 1.24 bits per heavy atom. The molecule has 6 heteroatoms. The fourth-order valence-electron chi connectivity index (χ4n) is 3.32. The van der Waals surface area contributed by atoms with E-state index in [4.69, 9.17) is 18.3 Å². The molecule has 29 heavy (non-hydrogen) atoms. The molecule has 156 valence electrons. The van der Waals surface area contributed by atoms with Crippen molar-refractivity contribution in [2.24, 2.45) is 0 Å². The smallest absolute Gasteiger partial charge is 0.336 e. The number of aliphatic hydroxyl groups is 1. The Kier molecular flexibility index (Phi) is 6.45. The van der Waals surface area contributed by atoms with Crippen molar-refractivity contribution < 1.29 is 23.4 Å². The fourth-order valence-corrected chi connectivity index (χ4v) is 3.32. The SMILES string of the molecule is CCOC(C)(C)[C@H](O)CC/C(C)=C\COc1c2ccoc2cc2oc(=O)ccc12. The number of aliphatic hydroxyl groups excluding tert-OH is 1. The van der Waals surface area contributed by atoms with Gasteiger partial charge in [-0.15, -0.1) is 0 Å². The molecule has 3 rings (SSSR count). The quantitative estimate of drug-likeness (QED) is 0.410. The second-order valence-corrected chi connectivity index (χ2v) is 7.66. The number of fused-ring (bicyclic) bond motifs is 2. The molecule has 1 atom stereocenters. The number of allylic oxidation sites excluding steroid dienone is 1. The maximum absolute atomic E-state index is 11.5. The summed E-state index contributed by atoms with van der Waals surface area (Å²) in [5, 5.41) is 11.9. The number of rotatable bonds is 9. The van der Waals surface area contributed by atoms with E-state index in [1.165, 1.54) is 6.07 Å². The lowest BCUT2D eigenvalue weighted by atomic mass is 9.95. The van der Waals surface area contributed by atoms with Gasteiger partial charge in [0.05, 0.1) is 28.7 Å². The molecular formula is C23H28O6. The first-order valence-electron chi connectivity index (χ1n) is 9.86. The van der Waals surface area contributed by atoms with Crippen LogP contribution >= 0.6 is 0 Å². The van der Waals surface area contributed by atoms with Crippen LogP contribution in [0.4, 0.5) is 0 Å². The highest BCUT2D eigenvalue weighted by Crippen LogP contribution is 2.35. The van der Waals surface area contributed by atoms with Crippen molar-refractivity contribution in [1.29, 1.82) is 0 Å². The molecule has 1 N–H and O–H groups in total. The van der Waals surface area contributed by atoms with Crippen molar-refractivity contribution in [3.8, 4) is 5.75 Å². The van der Waals surface area contributed by atoms with Crippen molar-refractivity contribution in [2.75, 3.05) is 13.2 Å². The first-order valence-corrected chi connectivity index (χ1v) is 9.86. The Labute approximate surface area is 169 Å². The van der Waals surface area contributed by atoms with Gasteiger partial charge in [-0.05, 0) is 58.7 Å². The van der Waals surface area contributed by atoms with E-state index in [0.717, 1.165) is 22.8 Å². The highest BCUT2D eigenvalue weighted by atomic mass is 16.5. The van der Waals surface area contributed by atoms with Gasteiger partial charge in [-0.25, -0.2) is 4.79 Å². The second kappa shape index (κ2) is 8.84. The van der Waals surface area contributed by atoms with Crippen molar-refractivity contribution in [3.63, 3.8) is 0 Å². The number of hydrogen-bond acceptors (Lipinski definition) is 6. The number of benzene rings is 1. The fraction of sp³-hybridized carbons (Fsp3) is 0.435. The molecule has 0 amide bonds. The molecule has 2 heterocycles. The molecule has 0 bridgehead atoms. The Bertz CT molecular complexity index is 1060. The standard InChI is InChI=1S/C23H28O6/c1-5-28-23(3,4)20(24)8-6-15(2)10-12-27-22-16-7-9-21(25)29-19(16)14-18-17(22)11-13-26-18/h7,9-11,13-14,20,24H,5-6,8,12H2,1-4H3/b15-10-/t20-/m1/s1. The van der Waals surface area contributed by atoms with Crippen LogP contribution in [-0.2, 0) is 4.74 Å². The number of furan rings is 1. The molecule has 6 nitrogen and oxygen atoms in total. The van der Waals surface area contributed by atoms with Crippen LogP contribution in [0.15, 0.2) is 55.8 Å². The lowest BCUT2D eigenvalue weighted by molar-refractivity contribution is -0.0983. The lowest BCUT2D eigenvalue weighted by Gasteiger charge is -2.30. The Hall–Kier alpha value is -2.57. The summed E-state index contributed by atoms with van der Waals surface area (Å²) in [6.45, 7) is 8.66. The van der Waals surface area contributed by atoms with Gasteiger partial charge in [0.15, 0.2) is 0 Å². The van der Waals surface area contributed by atoms with Gasteiger partial charge in [0.2, 0.25) is 0 Å². The highest BCUT2D eigenvalue weighted by Gasteiger charge is 2.27. The minimum absolute atomic E-state index is 0.356. The zero-order chi connectivity index (χ0) is 21.0. The van der Waals surface area contributed by atoms with Gasteiger partial charge in [-0.1, -0.05) is 5.57 Å². The third-order valence-corrected chi connectivity index (χ3v) is 5.10. The van der Waals surface area contributed by atoms with Crippen LogP contribution in [0.5, 0.6) is 5.75 Å². The van der Waals surface area contributed by atoms with E-state index in [-0.39, 0.29) is 0 Å². The van der Waals surface area contributed by atoms with Gasteiger partial charge in [-0.3, -0.25) is 0 Å². The zero-order valence-electron chi connectivity index (χ0n) is 17.4. The van der Waals surface area contributed by atoms with E-state index in [0.29, 0.717) is 36.6 Å². The Balaban J connectivity index is 1.70. The average molecular weight is 400 g/mol. The zero-order valence-corrected chi connectivity index (χ0v) is 17.4. The average Bonchev–Trinajstić information content (AvgIpc) is 3.13. The second-order valence-electron chi connectivity index (χ2n) is 7.66. The van der Waals surface area contributed by atoms with E-state index >= 15 is 0 Å². The van der Waals surface area contributed by atoms with Crippen LogP contribution in [0.3, 0.4) is 0 Å². The largest absolute Gasteiger partial charge is 0.488 e. The molecule has 2 aromatic heterocycles. The molecule has 0 spiro atoms. The molecular weight excluding hydrogens is 372 g/mol. The molecule has 0 radical (unpaired) electrons. The summed E-state index contributed by atoms with van der Waals surface area (Å²) in [7, 11) is 0. The van der Waals surface area contributed by atoms with Gasteiger partial charge in [0.25, 0.3) is 0 Å². The van der Waals surface area contributed by atoms with Gasteiger partial charge in [0, 0.05) is 18.7 Å². The van der Waals surface area contributed by atoms with Crippen molar-refractivity contribution in [2.45, 2.75) is 52.2 Å². The van der Waals surface area contributed by atoms with Gasteiger partial charge in [-0.2, -0.15) is 0 Å². The molecule has 3 aromatic rings. The molecule has 0 saturated heterocycles.